The number of allylic oxidation sites excluding steroid dienone is 1. The van der Waals surface area contributed by atoms with Gasteiger partial charge in [0.15, 0.2) is 0 Å². The van der Waals surface area contributed by atoms with Crippen molar-refractivity contribution in [2.24, 2.45) is 5.92 Å². The molecule has 0 radical (unpaired) electrons. The lowest BCUT2D eigenvalue weighted by Gasteiger charge is -2.39. The first kappa shape index (κ1) is 10.9. The zero-order chi connectivity index (χ0) is 11.4. The molecule has 2 heterocycles. The number of hydrogen-bond donors (Lipinski definition) is 0. The average molecular weight is 219 g/mol. The van der Waals surface area contributed by atoms with Gasteiger partial charge in [0.2, 0.25) is 5.91 Å². The standard InChI is InChI=1S/C12H17N3O/c1-2-3-4-12(16)15-8-11(9-15)7-14-6-5-13-10-14/h2,5-6,10-11H,1,3-4,7-9H2. The largest absolute Gasteiger partial charge is 0.342 e. The second-order valence-electron chi connectivity index (χ2n) is 4.25. The molecule has 2 rings (SSSR count). The molecular weight excluding hydrogens is 202 g/mol. The predicted octanol–water partition coefficient (Wildman–Crippen LogP) is 1.31. The minimum atomic E-state index is 0.252. The number of rotatable bonds is 5. The van der Waals surface area contributed by atoms with Crippen LogP contribution in [-0.4, -0.2) is 33.4 Å². The van der Waals surface area contributed by atoms with Gasteiger partial charge in [-0.15, -0.1) is 6.58 Å². The Kier molecular flexibility index (Phi) is 3.39. The third-order valence-corrected chi connectivity index (χ3v) is 2.90. The van der Waals surface area contributed by atoms with Crippen LogP contribution in [0.4, 0.5) is 0 Å². The van der Waals surface area contributed by atoms with Crippen molar-refractivity contribution < 1.29 is 4.79 Å². The molecule has 1 amide bonds. The van der Waals surface area contributed by atoms with Gasteiger partial charge in [-0.1, -0.05) is 6.08 Å². The van der Waals surface area contributed by atoms with Crippen LogP contribution in [0.2, 0.25) is 0 Å². The lowest BCUT2D eigenvalue weighted by atomic mass is 9.99. The molecule has 1 saturated heterocycles. The van der Waals surface area contributed by atoms with E-state index in [-0.39, 0.29) is 5.91 Å². The van der Waals surface area contributed by atoms with Crippen molar-refractivity contribution in [3.05, 3.63) is 31.4 Å². The Balaban J connectivity index is 1.69. The van der Waals surface area contributed by atoms with Crippen LogP contribution in [0.1, 0.15) is 12.8 Å². The predicted molar refractivity (Wildman–Crippen MR) is 61.7 cm³/mol. The fraction of sp³-hybridized carbons (Fsp3) is 0.500. The van der Waals surface area contributed by atoms with E-state index < -0.39 is 0 Å². The minimum absolute atomic E-state index is 0.252. The molecule has 1 fully saturated rings. The molecule has 0 N–H and O–H groups in total. The highest BCUT2D eigenvalue weighted by molar-refractivity contribution is 5.77. The Hall–Kier alpha value is -1.58. The van der Waals surface area contributed by atoms with Gasteiger partial charge in [0.1, 0.15) is 0 Å². The summed E-state index contributed by atoms with van der Waals surface area (Å²) in [6.45, 7) is 6.35. The van der Waals surface area contributed by atoms with Gasteiger partial charge in [-0.05, 0) is 6.42 Å². The van der Waals surface area contributed by atoms with E-state index in [0.29, 0.717) is 12.3 Å². The molecule has 0 spiro atoms. The highest BCUT2D eigenvalue weighted by atomic mass is 16.2. The van der Waals surface area contributed by atoms with Crippen LogP contribution in [0.15, 0.2) is 31.4 Å². The summed E-state index contributed by atoms with van der Waals surface area (Å²) >= 11 is 0. The van der Waals surface area contributed by atoms with Gasteiger partial charge in [0, 0.05) is 44.4 Å². The van der Waals surface area contributed by atoms with Gasteiger partial charge < -0.3 is 9.47 Å². The summed E-state index contributed by atoms with van der Waals surface area (Å²) in [5, 5.41) is 0. The minimum Gasteiger partial charge on any atom is -0.342 e. The number of likely N-dealkylation sites (tertiary alicyclic amines) is 1. The van der Waals surface area contributed by atoms with Crippen molar-refractivity contribution in [3.63, 3.8) is 0 Å². The van der Waals surface area contributed by atoms with Crippen LogP contribution in [0.5, 0.6) is 0 Å². The molecule has 0 unspecified atom stereocenters. The van der Waals surface area contributed by atoms with Crippen molar-refractivity contribution in [1.29, 1.82) is 0 Å². The highest BCUT2D eigenvalue weighted by Crippen LogP contribution is 2.18. The summed E-state index contributed by atoms with van der Waals surface area (Å²) < 4.78 is 2.07. The third-order valence-electron chi connectivity index (χ3n) is 2.90. The maximum atomic E-state index is 11.6. The summed E-state index contributed by atoms with van der Waals surface area (Å²) in [5.41, 5.74) is 0. The average Bonchev–Trinajstić information content (AvgIpc) is 2.72. The quantitative estimate of drug-likeness (QED) is 0.700. The molecule has 0 aliphatic carbocycles. The SMILES string of the molecule is C=CCCC(=O)N1CC(Cn2ccnc2)C1. The molecule has 4 nitrogen and oxygen atoms in total. The van der Waals surface area contributed by atoms with Crippen molar-refractivity contribution in [2.45, 2.75) is 19.4 Å². The molecule has 1 aliphatic rings. The fourth-order valence-corrected chi connectivity index (χ4v) is 1.97. The number of carbonyl (C=O) groups is 1. The molecule has 0 saturated carbocycles. The highest BCUT2D eigenvalue weighted by Gasteiger charge is 2.29. The van der Waals surface area contributed by atoms with E-state index in [9.17, 15) is 4.79 Å². The summed E-state index contributed by atoms with van der Waals surface area (Å²) in [6.07, 6.45) is 8.74. The van der Waals surface area contributed by atoms with Gasteiger partial charge in [-0.3, -0.25) is 4.79 Å². The van der Waals surface area contributed by atoms with Crippen molar-refractivity contribution in [1.82, 2.24) is 14.5 Å². The molecule has 1 aromatic heterocycles. The smallest absolute Gasteiger partial charge is 0.222 e. The molecule has 1 aromatic rings. The zero-order valence-electron chi connectivity index (χ0n) is 9.38. The Labute approximate surface area is 95.6 Å². The van der Waals surface area contributed by atoms with E-state index in [1.165, 1.54) is 0 Å². The first-order chi connectivity index (χ1) is 7.79. The van der Waals surface area contributed by atoms with Gasteiger partial charge >= 0.3 is 0 Å². The van der Waals surface area contributed by atoms with Gasteiger partial charge in [0.25, 0.3) is 0 Å². The summed E-state index contributed by atoms with van der Waals surface area (Å²) in [4.78, 5) is 17.5. The Morgan fingerprint density at radius 1 is 1.56 bits per heavy atom. The van der Waals surface area contributed by atoms with Gasteiger partial charge in [-0.25, -0.2) is 4.98 Å². The molecule has 1 aliphatic heterocycles. The number of amides is 1. The van der Waals surface area contributed by atoms with Gasteiger partial charge in [-0.2, -0.15) is 0 Å². The first-order valence-electron chi connectivity index (χ1n) is 5.64. The van der Waals surface area contributed by atoms with E-state index in [1.807, 2.05) is 17.4 Å². The van der Waals surface area contributed by atoms with Crippen molar-refractivity contribution in [3.8, 4) is 0 Å². The Bertz CT molecular complexity index is 352. The van der Waals surface area contributed by atoms with Crippen LogP contribution in [0.3, 0.4) is 0 Å². The van der Waals surface area contributed by atoms with E-state index in [2.05, 4.69) is 16.1 Å². The summed E-state index contributed by atoms with van der Waals surface area (Å²) in [5.74, 6) is 0.837. The van der Waals surface area contributed by atoms with E-state index in [4.69, 9.17) is 0 Å². The molecule has 0 aromatic carbocycles. The second-order valence-corrected chi connectivity index (χ2v) is 4.25. The molecule has 16 heavy (non-hydrogen) atoms. The second kappa shape index (κ2) is 4.96. The topological polar surface area (TPSA) is 38.1 Å². The maximum Gasteiger partial charge on any atom is 0.222 e. The van der Waals surface area contributed by atoms with Crippen LogP contribution >= 0.6 is 0 Å². The van der Waals surface area contributed by atoms with E-state index >= 15 is 0 Å². The van der Waals surface area contributed by atoms with E-state index in [1.54, 1.807) is 12.3 Å². The number of carbonyl (C=O) groups excluding carboxylic acids is 1. The number of nitrogens with zero attached hydrogens (tertiary/aromatic N) is 3. The molecule has 4 heteroatoms. The molecule has 0 atom stereocenters. The van der Waals surface area contributed by atoms with Crippen molar-refractivity contribution in [2.75, 3.05) is 13.1 Å². The van der Waals surface area contributed by atoms with Crippen LogP contribution in [-0.2, 0) is 11.3 Å². The monoisotopic (exact) mass is 219 g/mol. The lowest BCUT2D eigenvalue weighted by molar-refractivity contribution is -0.137. The van der Waals surface area contributed by atoms with E-state index in [0.717, 1.165) is 26.1 Å². The summed E-state index contributed by atoms with van der Waals surface area (Å²) in [7, 11) is 0. The first-order valence-corrected chi connectivity index (χ1v) is 5.64. The normalized spacial score (nSPS) is 15.9. The maximum absolute atomic E-state index is 11.6. The van der Waals surface area contributed by atoms with Crippen LogP contribution in [0, 0.1) is 5.92 Å². The zero-order valence-corrected chi connectivity index (χ0v) is 9.38. The number of hydrogen-bond acceptors (Lipinski definition) is 2. The van der Waals surface area contributed by atoms with Crippen LogP contribution in [0.25, 0.3) is 0 Å². The molecule has 86 valence electrons. The van der Waals surface area contributed by atoms with Crippen molar-refractivity contribution >= 4 is 5.91 Å². The fourth-order valence-electron chi connectivity index (χ4n) is 1.97. The number of imidazole rings is 1. The summed E-state index contributed by atoms with van der Waals surface area (Å²) in [6, 6.07) is 0. The van der Waals surface area contributed by atoms with Gasteiger partial charge in [0.05, 0.1) is 6.33 Å². The lowest BCUT2D eigenvalue weighted by Crippen LogP contribution is -2.51. The third kappa shape index (κ3) is 2.51. The number of aromatic nitrogens is 2. The van der Waals surface area contributed by atoms with Crippen LogP contribution < -0.4 is 0 Å². The Morgan fingerprint density at radius 3 is 3.00 bits per heavy atom. The molecular formula is C12H17N3O. The molecule has 0 bridgehead atoms. The Morgan fingerprint density at radius 2 is 2.38 bits per heavy atom.